The van der Waals surface area contributed by atoms with E-state index >= 15 is 0 Å². The topological polar surface area (TPSA) is 0 Å². The molecule has 3 rings (SSSR count). The Bertz CT molecular complexity index is 744. The average molecular weight is 290 g/mol. The van der Waals surface area contributed by atoms with Crippen LogP contribution in [0.3, 0.4) is 0 Å². The van der Waals surface area contributed by atoms with Gasteiger partial charge in [0.05, 0.1) is 0 Å². The minimum absolute atomic E-state index is 0.133. The first-order chi connectivity index (χ1) is 10.3. The summed E-state index contributed by atoms with van der Waals surface area (Å²) < 4.78 is 0. The molecular formula is C22H26. The van der Waals surface area contributed by atoms with E-state index in [-0.39, 0.29) is 5.41 Å². The molecular weight excluding hydrogens is 264 g/mol. The molecule has 0 spiro atoms. The Labute approximate surface area is 135 Å². The number of hydrogen-bond acceptors (Lipinski definition) is 0. The van der Waals surface area contributed by atoms with E-state index in [1.165, 1.54) is 44.6 Å². The Morgan fingerprint density at radius 1 is 0.773 bits per heavy atom. The van der Waals surface area contributed by atoms with E-state index in [0.29, 0.717) is 0 Å². The van der Waals surface area contributed by atoms with Gasteiger partial charge < -0.3 is 0 Å². The van der Waals surface area contributed by atoms with E-state index in [4.69, 9.17) is 0 Å². The third kappa shape index (κ3) is 2.13. The van der Waals surface area contributed by atoms with Crippen molar-refractivity contribution in [3.05, 3.63) is 75.4 Å². The summed E-state index contributed by atoms with van der Waals surface area (Å²) in [6, 6.07) is 8.93. The summed E-state index contributed by atoms with van der Waals surface area (Å²) >= 11 is 0. The van der Waals surface area contributed by atoms with Crippen LogP contribution in [0.1, 0.15) is 52.2 Å². The molecule has 0 nitrogen and oxygen atoms in total. The van der Waals surface area contributed by atoms with Gasteiger partial charge in [-0.15, -0.1) is 0 Å². The summed E-state index contributed by atoms with van der Waals surface area (Å²) in [5, 5.41) is 0. The summed E-state index contributed by atoms with van der Waals surface area (Å²) in [5.41, 5.74) is 11.6. The van der Waals surface area contributed by atoms with Crippen LogP contribution in [0.2, 0.25) is 0 Å². The van der Waals surface area contributed by atoms with E-state index in [9.17, 15) is 0 Å². The fraction of sp³-hybridized carbons (Fsp3) is 0.364. The second-order valence-electron chi connectivity index (χ2n) is 7.21. The molecule has 114 valence electrons. The van der Waals surface area contributed by atoms with E-state index in [1.807, 2.05) is 0 Å². The minimum atomic E-state index is 0.133. The van der Waals surface area contributed by atoms with Gasteiger partial charge in [-0.25, -0.2) is 0 Å². The first-order valence-electron chi connectivity index (χ1n) is 8.22. The maximum absolute atomic E-state index is 2.40. The zero-order valence-corrected chi connectivity index (χ0v) is 14.7. The van der Waals surface area contributed by atoms with Gasteiger partial charge in [-0.3, -0.25) is 0 Å². The van der Waals surface area contributed by atoms with Gasteiger partial charge in [-0.05, 0) is 67.5 Å². The predicted molar refractivity (Wildman–Crippen MR) is 96.7 cm³/mol. The van der Waals surface area contributed by atoms with Crippen molar-refractivity contribution >= 4 is 5.57 Å². The summed E-state index contributed by atoms with van der Waals surface area (Å²) in [5.74, 6) is 0. The Kier molecular flexibility index (Phi) is 3.51. The molecule has 0 atom stereocenters. The largest absolute Gasteiger partial charge is 0.0725 e. The zero-order valence-electron chi connectivity index (χ0n) is 14.7. The number of hydrogen-bond donors (Lipinski definition) is 0. The lowest BCUT2D eigenvalue weighted by atomic mass is 9.75. The van der Waals surface area contributed by atoms with Crippen molar-refractivity contribution in [3.63, 3.8) is 0 Å². The van der Waals surface area contributed by atoms with Gasteiger partial charge in [-0.2, -0.15) is 0 Å². The van der Waals surface area contributed by atoms with Crippen LogP contribution < -0.4 is 0 Å². The quantitative estimate of drug-likeness (QED) is 0.591. The van der Waals surface area contributed by atoms with Gasteiger partial charge in [-0.1, -0.05) is 61.4 Å². The highest BCUT2D eigenvalue weighted by molar-refractivity contribution is 5.88. The van der Waals surface area contributed by atoms with Crippen molar-refractivity contribution in [2.24, 2.45) is 5.41 Å². The van der Waals surface area contributed by atoms with Crippen molar-refractivity contribution in [1.82, 2.24) is 0 Å². The molecule has 1 aromatic rings. The van der Waals surface area contributed by atoms with E-state index in [0.717, 1.165) is 6.42 Å². The van der Waals surface area contributed by atoms with Crippen molar-refractivity contribution < 1.29 is 0 Å². The van der Waals surface area contributed by atoms with Gasteiger partial charge in [0, 0.05) is 5.41 Å². The molecule has 0 fully saturated rings. The van der Waals surface area contributed by atoms with Gasteiger partial charge in [0.1, 0.15) is 0 Å². The van der Waals surface area contributed by atoms with E-state index in [2.05, 4.69) is 78.0 Å². The first kappa shape index (κ1) is 15.1. The van der Waals surface area contributed by atoms with Crippen LogP contribution in [0.15, 0.2) is 64.3 Å². The third-order valence-corrected chi connectivity index (χ3v) is 5.63. The smallest absolute Gasteiger partial charge is 0.0117 e. The highest BCUT2D eigenvalue weighted by Gasteiger charge is 2.37. The van der Waals surface area contributed by atoms with Crippen LogP contribution in [0.25, 0.3) is 5.57 Å². The van der Waals surface area contributed by atoms with Crippen LogP contribution in [0.4, 0.5) is 0 Å². The fourth-order valence-corrected chi connectivity index (χ4v) is 3.89. The standard InChI is InChI=1S/C22H26/c1-14-10-12-18(13-11-14)19-8-7-9-20(19)21-16(3)15(2)17(4)22(21,5)6/h8-13H,7H2,1-6H3. The summed E-state index contributed by atoms with van der Waals surface area (Å²) in [7, 11) is 0. The molecule has 0 heteroatoms. The summed E-state index contributed by atoms with van der Waals surface area (Å²) in [6.07, 6.45) is 5.82. The lowest BCUT2D eigenvalue weighted by Gasteiger charge is -2.28. The Hall–Kier alpha value is -1.82. The second-order valence-corrected chi connectivity index (χ2v) is 7.21. The molecule has 0 unspecified atom stereocenters. The van der Waals surface area contributed by atoms with Crippen molar-refractivity contribution in [2.75, 3.05) is 0 Å². The van der Waals surface area contributed by atoms with Crippen LogP contribution in [-0.4, -0.2) is 0 Å². The molecule has 0 saturated heterocycles. The number of rotatable bonds is 2. The van der Waals surface area contributed by atoms with Crippen molar-refractivity contribution in [3.8, 4) is 0 Å². The van der Waals surface area contributed by atoms with Gasteiger partial charge in [0.2, 0.25) is 0 Å². The molecule has 2 aliphatic rings. The van der Waals surface area contributed by atoms with Crippen molar-refractivity contribution in [1.29, 1.82) is 0 Å². The monoisotopic (exact) mass is 290 g/mol. The molecule has 0 aromatic heterocycles. The molecule has 0 amide bonds. The van der Waals surface area contributed by atoms with E-state index in [1.54, 1.807) is 0 Å². The SMILES string of the molecule is CC1=C(C)C(C)(C)C(C2=CCC=C2c2ccc(C)cc2)=C1C. The maximum atomic E-state index is 2.40. The molecule has 0 N–H and O–H groups in total. The van der Waals surface area contributed by atoms with Crippen LogP contribution in [0, 0.1) is 12.3 Å². The normalized spacial score (nSPS) is 20.6. The Balaban J connectivity index is 2.07. The highest BCUT2D eigenvalue weighted by Crippen LogP contribution is 2.52. The zero-order chi connectivity index (χ0) is 16.1. The summed E-state index contributed by atoms with van der Waals surface area (Å²) in [6.45, 7) is 13.7. The molecule has 0 heterocycles. The molecule has 0 saturated carbocycles. The van der Waals surface area contributed by atoms with Gasteiger partial charge in [0.15, 0.2) is 0 Å². The predicted octanol–water partition coefficient (Wildman–Crippen LogP) is 6.40. The molecule has 0 bridgehead atoms. The van der Waals surface area contributed by atoms with Crippen LogP contribution in [0.5, 0.6) is 0 Å². The lowest BCUT2D eigenvalue weighted by Crippen LogP contribution is -2.15. The first-order valence-corrected chi connectivity index (χ1v) is 8.22. The molecule has 1 aromatic carbocycles. The third-order valence-electron chi connectivity index (χ3n) is 5.63. The molecule has 22 heavy (non-hydrogen) atoms. The fourth-order valence-electron chi connectivity index (χ4n) is 3.89. The number of allylic oxidation sites excluding steroid dienone is 8. The second kappa shape index (κ2) is 5.12. The van der Waals surface area contributed by atoms with Crippen molar-refractivity contribution in [2.45, 2.75) is 48.0 Å². The highest BCUT2D eigenvalue weighted by atomic mass is 14.4. The number of aryl methyl sites for hydroxylation is 1. The minimum Gasteiger partial charge on any atom is -0.0725 e. The van der Waals surface area contributed by atoms with Crippen LogP contribution in [-0.2, 0) is 0 Å². The summed E-state index contributed by atoms with van der Waals surface area (Å²) in [4.78, 5) is 0. The van der Waals surface area contributed by atoms with Gasteiger partial charge >= 0.3 is 0 Å². The molecule has 2 aliphatic carbocycles. The molecule has 0 radical (unpaired) electrons. The Morgan fingerprint density at radius 3 is 1.91 bits per heavy atom. The number of benzene rings is 1. The van der Waals surface area contributed by atoms with E-state index < -0.39 is 0 Å². The maximum Gasteiger partial charge on any atom is 0.0117 e. The lowest BCUT2D eigenvalue weighted by molar-refractivity contribution is 0.557. The average Bonchev–Trinajstić information content (AvgIpc) is 2.99. The van der Waals surface area contributed by atoms with Crippen LogP contribution >= 0.6 is 0 Å². The Morgan fingerprint density at radius 2 is 1.36 bits per heavy atom. The van der Waals surface area contributed by atoms with Gasteiger partial charge in [0.25, 0.3) is 0 Å². The molecule has 0 aliphatic heterocycles.